The van der Waals surface area contributed by atoms with Crippen LogP contribution in [0.25, 0.3) is 0 Å². The van der Waals surface area contributed by atoms with Crippen molar-refractivity contribution in [3.05, 3.63) is 65.2 Å². The van der Waals surface area contributed by atoms with Gasteiger partial charge in [-0.05, 0) is 48.0 Å². The second kappa shape index (κ2) is 9.17. The van der Waals surface area contributed by atoms with Gasteiger partial charge < -0.3 is 20.3 Å². The van der Waals surface area contributed by atoms with E-state index in [1.165, 1.54) is 11.1 Å². The summed E-state index contributed by atoms with van der Waals surface area (Å²) in [4.78, 5) is 14.6. The van der Waals surface area contributed by atoms with E-state index in [9.17, 15) is 14.8 Å². The van der Waals surface area contributed by atoms with Crippen molar-refractivity contribution in [2.45, 2.75) is 31.7 Å². The minimum absolute atomic E-state index is 0.0990. The molecule has 0 spiro atoms. The average Bonchev–Trinajstić information content (AvgIpc) is 2.69. The van der Waals surface area contributed by atoms with Crippen molar-refractivity contribution < 1.29 is 14.8 Å². The normalized spacial score (nSPS) is 15.0. The number of hydrogen-bond acceptors (Lipinski definition) is 4. The highest BCUT2D eigenvalue weighted by molar-refractivity contribution is 6.58. The summed E-state index contributed by atoms with van der Waals surface area (Å²) in [5.41, 5.74) is 3.88. The number of benzene rings is 2. The van der Waals surface area contributed by atoms with Crippen LogP contribution in [0.1, 0.15) is 35.4 Å². The van der Waals surface area contributed by atoms with E-state index in [4.69, 9.17) is 0 Å². The summed E-state index contributed by atoms with van der Waals surface area (Å²) in [6.07, 6.45) is 2.25. The van der Waals surface area contributed by atoms with E-state index >= 15 is 0 Å². The van der Waals surface area contributed by atoms with E-state index in [1.807, 2.05) is 18.0 Å². The molecule has 142 valence electrons. The molecule has 6 heteroatoms. The maximum Gasteiger partial charge on any atom is 0.488 e. The maximum atomic E-state index is 12.6. The van der Waals surface area contributed by atoms with Crippen LogP contribution in [0, 0.1) is 0 Å². The second-order valence-corrected chi connectivity index (χ2v) is 7.23. The molecule has 1 heterocycles. The van der Waals surface area contributed by atoms with Crippen LogP contribution in [-0.2, 0) is 17.8 Å². The van der Waals surface area contributed by atoms with Crippen molar-refractivity contribution in [3.63, 3.8) is 0 Å². The zero-order chi connectivity index (χ0) is 19.2. The summed E-state index contributed by atoms with van der Waals surface area (Å²) in [6, 6.07) is 15.6. The molecule has 5 nitrogen and oxygen atoms in total. The average molecular weight is 366 g/mol. The number of nitrogens with one attached hydrogen (secondary N) is 1. The number of carbonyl (C=O) groups is 1. The quantitative estimate of drug-likeness (QED) is 0.668. The van der Waals surface area contributed by atoms with Gasteiger partial charge in [0.1, 0.15) is 0 Å². The molecule has 3 N–H and O–H groups in total. The van der Waals surface area contributed by atoms with Crippen molar-refractivity contribution in [1.82, 2.24) is 10.2 Å². The summed E-state index contributed by atoms with van der Waals surface area (Å²) >= 11 is 0. The van der Waals surface area contributed by atoms with Gasteiger partial charge in [0.05, 0.1) is 6.42 Å². The van der Waals surface area contributed by atoms with Gasteiger partial charge in [-0.2, -0.15) is 0 Å². The van der Waals surface area contributed by atoms with Crippen molar-refractivity contribution in [1.29, 1.82) is 0 Å². The van der Waals surface area contributed by atoms with Crippen LogP contribution in [0.3, 0.4) is 0 Å². The molecule has 1 amide bonds. The summed E-state index contributed by atoms with van der Waals surface area (Å²) in [5, 5.41) is 21.7. The zero-order valence-electron chi connectivity index (χ0n) is 15.8. The SMILES string of the molecule is CNCc1cccc(C2CCN(C(=O)Cc3cccc(B(O)O)c3)CC2)c1. The number of carbonyl (C=O) groups excluding carboxylic acids is 1. The molecule has 1 aliphatic heterocycles. The first-order chi connectivity index (χ1) is 13.1. The van der Waals surface area contributed by atoms with Gasteiger partial charge in [0.25, 0.3) is 0 Å². The molecule has 0 aromatic heterocycles. The molecule has 0 unspecified atom stereocenters. The van der Waals surface area contributed by atoms with Crippen LogP contribution >= 0.6 is 0 Å². The highest BCUT2D eigenvalue weighted by Crippen LogP contribution is 2.28. The van der Waals surface area contributed by atoms with Gasteiger partial charge in [0.15, 0.2) is 0 Å². The zero-order valence-corrected chi connectivity index (χ0v) is 15.8. The molecule has 0 radical (unpaired) electrons. The molecule has 1 saturated heterocycles. The molecule has 0 bridgehead atoms. The van der Waals surface area contributed by atoms with E-state index in [0.29, 0.717) is 17.8 Å². The Balaban J connectivity index is 1.56. The van der Waals surface area contributed by atoms with E-state index < -0.39 is 7.12 Å². The Bertz CT molecular complexity index is 774. The Morgan fingerprint density at radius 3 is 2.52 bits per heavy atom. The van der Waals surface area contributed by atoms with Gasteiger partial charge in [0, 0.05) is 19.6 Å². The Morgan fingerprint density at radius 1 is 1.11 bits per heavy atom. The number of amides is 1. The lowest BCUT2D eigenvalue weighted by molar-refractivity contribution is -0.131. The number of nitrogens with zero attached hydrogens (tertiary/aromatic N) is 1. The summed E-state index contributed by atoms with van der Waals surface area (Å²) in [5.74, 6) is 0.598. The largest absolute Gasteiger partial charge is 0.488 e. The third-order valence-electron chi connectivity index (χ3n) is 5.26. The van der Waals surface area contributed by atoms with Crippen molar-refractivity contribution in [2.75, 3.05) is 20.1 Å². The number of likely N-dealkylation sites (tertiary alicyclic amines) is 1. The molecule has 0 aliphatic carbocycles. The van der Waals surface area contributed by atoms with Crippen LogP contribution in [0.15, 0.2) is 48.5 Å². The van der Waals surface area contributed by atoms with E-state index in [-0.39, 0.29) is 5.91 Å². The fourth-order valence-corrected chi connectivity index (χ4v) is 3.77. The third kappa shape index (κ3) is 5.19. The predicted molar refractivity (Wildman–Crippen MR) is 108 cm³/mol. The van der Waals surface area contributed by atoms with Gasteiger partial charge in [-0.3, -0.25) is 4.79 Å². The topological polar surface area (TPSA) is 72.8 Å². The third-order valence-corrected chi connectivity index (χ3v) is 5.26. The maximum absolute atomic E-state index is 12.6. The molecule has 0 atom stereocenters. The fraction of sp³-hybridized carbons (Fsp3) is 0.381. The highest BCUT2D eigenvalue weighted by Gasteiger charge is 2.24. The molecular formula is C21H27BN2O3. The van der Waals surface area contributed by atoms with Gasteiger partial charge in [-0.15, -0.1) is 0 Å². The first kappa shape index (κ1) is 19.6. The standard InChI is InChI=1S/C21H27BN2O3/c1-23-15-17-5-2-6-19(12-17)18-8-10-24(11-9-18)21(25)14-16-4-3-7-20(13-16)22(26)27/h2-7,12-13,18,23,26-27H,8-11,14-15H2,1H3. The highest BCUT2D eigenvalue weighted by atomic mass is 16.4. The Hall–Kier alpha value is -2.15. The molecule has 2 aromatic rings. The van der Waals surface area contributed by atoms with Crippen LogP contribution in [0.2, 0.25) is 0 Å². The van der Waals surface area contributed by atoms with Crippen molar-refractivity contribution >= 4 is 18.5 Å². The van der Waals surface area contributed by atoms with E-state index in [0.717, 1.165) is 38.0 Å². The smallest absolute Gasteiger partial charge is 0.423 e. The van der Waals surface area contributed by atoms with Crippen LogP contribution < -0.4 is 10.8 Å². The van der Waals surface area contributed by atoms with Gasteiger partial charge >= 0.3 is 7.12 Å². The lowest BCUT2D eigenvalue weighted by Gasteiger charge is -2.32. The summed E-state index contributed by atoms with van der Waals surface area (Å²) in [6.45, 7) is 2.40. The van der Waals surface area contributed by atoms with Crippen molar-refractivity contribution in [3.8, 4) is 0 Å². The van der Waals surface area contributed by atoms with Crippen molar-refractivity contribution in [2.24, 2.45) is 0 Å². The Labute approximate surface area is 161 Å². The molecule has 27 heavy (non-hydrogen) atoms. The van der Waals surface area contributed by atoms with Crippen LogP contribution in [0.5, 0.6) is 0 Å². The predicted octanol–water partition coefficient (Wildman–Crippen LogP) is 1.03. The molecular weight excluding hydrogens is 339 g/mol. The Kier molecular flexibility index (Phi) is 6.66. The summed E-state index contributed by atoms with van der Waals surface area (Å²) < 4.78 is 0. The van der Waals surface area contributed by atoms with E-state index in [1.54, 1.807) is 18.2 Å². The van der Waals surface area contributed by atoms with Gasteiger partial charge in [0.2, 0.25) is 5.91 Å². The number of piperidine rings is 1. The minimum Gasteiger partial charge on any atom is -0.423 e. The Morgan fingerprint density at radius 2 is 1.81 bits per heavy atom. The number of hydrogen-bond donors (Lipinski definition) is 3. The number of rotatable bonds is 6. The molecule has 1 fully saturated rings. The molecule has 1 aliphatic rings. The van der Waals surface area contributed by atoms with Gasteiger partial charge in [-0.25, -0.2) is 0 Å². The van der Waals surface area contributed by atoms with Crippen LogP contribution in [-0.4, -0.2) is 48.1 Å². The van der Waals surface area contributed by atoms with E-state index in [2.05, 4.69) is 29.6 Å². The fourth-order valence-electron chi connectivity index (χ4n) is 3.77. The molecule has 3 rings (SSSR count). The second-order valence-electron chi connectivity index (χ2n) is 7.23. The summed E-state index contributed by atoms with van der Waals surface area (Å²) in [7, 11) is 0.447. The lowest BCUT2D eigenvalue weighted by atomic mass is 9.79. The van der Waals surface area contributed by atoms with Crippen LogP contribution in [0.4, 0.5) is 0 Å². The minimum atomic E-state index is -1.51. The van der Waals surface area contributed by atoms with Gasteiger partial charge in [-0.1, -0.05) is 48.5 Å². The molecule has 0 saturated carbocycles. The molecule has 2 aromatic carbocycles. The monoisotopic (exact) mass is 366 g/mol. The lowest BCUT2D eigenvalue weighted by Crippen LogP contribution is -2.39. The first-order valence-electron chi connectivity index (χ1n) is 9.53. The first-order valence-corrected chi connectivity index (χ1v) is 9.53.